The predicted octanol–water partition coefficient (Wildman–Crippen LogP) is 5.73. The fraction of sp³-hybridized carbons (Fsp3) is 0.292. The molecule has 0 aliphatic carbocycles. The molecular weight excluding hydrogens is 445 g/mol. The Morgan fingerprint density at radius 2 is 1.50 bits per heavy atom. The van der Waals surface area contributed by atoms with Gasteiger partial charge in [0, 0.05) is 47.5 Å². The number of hydrogen-bond donors (Lipinski definition) is 1. The minimum Gasteiger partial charge on any atom is -0.352 e. The molecule has 1 aliphatic heterocycles. The summed E-state index contributed by atoms with van der Waals surface area (Å²) in [4.78, 5) is 16.5. The second-order valence-electron chi connectivity index (χ2n) is 8.09. The molecule has 0 radical (unpaired) electrons. The molecule has 1 saturated heterocycles. The zero-order valence-electron chi connectivity index (χ0n) is 18.3. The average Bonchev–Trinajstić information content (AvgIpc) is 2.76. The predicted molar refractivity (Wildman–Crippen MR) is 131 cm³/mol. The first-order chi connectivity index (χ1) is 15.3. The summed E-state index contributed by atoms with van der Waals surface area (Å²) in [5, 5.41) is 12.8. The van der Waals surface area contributed by atoms with Crippen molar-refractivity contribution < 1.29 is 4.79 Å². The van der Waals surface area contributed by atoms with Crippen LogP contribution in [0.4, 0.5) is 16.3 Å². The minimum atomic E-state index is -0.172. The van der Waals surface area contributed by atoms with E-state index in [1.165, 1.54) is 16.7 Å². The first-order valence-electron chi connectivity index (χ1n) is 10.5. The van der Waals surface area contributed by atoms with E-state index in [-0.39, 0.29) is 6.03 Å². The number of carbonyl (C=O) groups excluding carboxylic acids is 1. The van der Waals surface area contributed by atoms with Crippen molar-refractivity contribution in [3.05, 3.63) is 69.2 Å². The van der Waals surface area contributed by atoms with Gasteiger partial charge in [-0.15, -0.1) is 10.2 Å². The molecule has 0 bridgehead atoms. The molecule has 2 heterocycles. The summed E-state index contributed by atoms with van der Waals surface area (Å²) >= 11 is 12.0. The maximum Gasteiger partial charge on any atom is 0.321 e. The molecule has 8 heteroatoms. The van der Waals surface area contributed by atoms with E-state index in [0.717, 1.165) is 17.1 Å². The summed E-state index contributed by atoms with van der Waals surface area (Å²) in [7, 11) is 0. The van der Waals surface area contributed by atoms with Crippen LogP contribution in [0.15, 0.2) is 42.5 Å². The van der Waals surface area contributed by atoms with Gasteiger partial charge >= 0.3 is 6.03 Å². The summed E-state index contributed by atoms with van der Waals surface area (Å²) < 4.78 is 0. The molecule has 166 valence electrons. The Bertz CT molecular complexity index is 1120. The molecule has 0 atom stereocenters. The maximum atomic E-state index is 12.6. The fourth-order valence-corrected chi connectivity index (χ4v) is 4.37. The zero-order valence-corrected chi connectivity index (χ0v) is 19.8. The second-order valence-corrected chi connectivity index (χ2v) is 8.96. The molecule has 6 nitrogen and oxygen atoms in total. The number of nitrogens with one attached hydrogen (secondary N) is 1. The summed E-state index contributed by atoms with van der Waals surface area (Å²) in [5.41, 5.74) is 6.26. The van der Waals surface area contributed by atoms with E-state index in [1.54, 1.807) is 23.1 Å². The van der Waals surface area contributed by atoms with E-state index < -0.39 is 0 Å². The smallest absolute Gasteiger partial charge is 0.321 e. The molecule has 1 fully saturated rings. The van der Waals surface area contributed by atoms with Crippen LogP contribution >= 0.6 is 23.2 Å². The molecule has 1 aromatic heterocycles. The van der Waals surface area contributed by atoms with Crippen LogP contribution in [-0.2, 0) is 0 Å². The molecule has 4 rings (SSSR count). The summed E-state index contributed by atoms with van der Waals surface area (Å²) in [5.74, 6) is 0.817. The van der Waals surface area contributed by atoms with Crippen molar-refractivity contribution in [1.82, 2.24) is 15.1 Å². The van der Waals surface area contributed by atoms with Crippen molar-refractivity contribution in [2.24, 2.45) is 0 Å². The number of amides is 2. The number of anilines is 2. The number of rotatable bonds is 3. The van der Waals surface area contributed by atoms with Crippen LogP contribution in [0, 0.1) is 20.8 Å². The van der Waals surface area contributed by atoms with Crippen LogP contribution in [0.5, 0.6) is 0 Å². The van der Waals surface area contributed by atoms with Gasteiger partial charge in [-0.25, -0.2) is 4.79 Å². The second kappa shape index (κ2) is 9.35. The minimum absolute atomic E-state index is 0.172. The third kappa shape index (κ3) is 4.97. The van der Waals surface area contributed by atoms with Gasteiger partial charge in [-0.3, -0.25) is 0 Å². The van der Waals surface area contributed by atoms with Crippen LogP contribution in [0.3, 0.4) is 0 Å². The van der Waals surface area contributed by atoms with Crippen molar-refractivity contribution in [3.8, 4) is 11.3 Å². The lowest BCUT2D eigenvalue weighted by molar-refractivity contribution is 0.208. The lowest BCUT2D eigenvalue weighted by atomic mass is 9.99. The molecule has 0 saturated carbocycles. The SMILES string of the molecule is Cc1cc(C)c(-c2ccc(N3CCN(C(=O)Nc4cc(Cl)cc(Cl)c4)CC3)nn2)cc1C. The number of hydrogen-bond acceptors (Lipinski definition) is 4. The molecule has 0 unspecified atom stereocenters. The van der Waals surface area contributed by atoms with Crippen molar-refractivity contribution in [2.45, 2.75) is 20.8 Å². The van der Waals surface area contributed by atoms with Crippen LogP contribution in [0.2, 0.25) is 10.0 Å². The van der Waals surface area contributed by atoms with Crippen LogP contribution in [-0.4, -0.2) is 47.3 Å². The fourth-order valence-electron chi connectivity index (χ4n) is 3.84. The van der Waals surface area contributed by atoms with Gasteiger partial charge in [0.25, 0.3) is 0 Å². The van der Waals surface area contributed by atoms with Crippen LogP contribution in [0.1, 0.15) is 16.7 Å². The van der Waals surface area contributed by atoms with Gasteiger partial charge < -0.3 is 15.1 Å². The van der Waals surface area contributed by atoms with Crippen molar-refractivity contribution in [1.29, 1.82) is 0 Å². The largest absolute Gasteiger partial charge is 0.352 e. The molecule has 2 aromatic carbocycles. The molecule has 1 N–H and O–H groups in total. The van der Waals surface area contributed by atoms with Crippen LogP contribution < -0.4 is 10.2 Å². The number of aryl methyl sites for hydroxylation is 3. The number of halogens is 2. The van der Waals surface area contributed by atoms with Gasteiger partial charge in [0.05, 0.1) is 5.69 Å². The molecule has 0 spiro atoms. The topological polar surface area (TPSA) is 61.4 Å². The lowest BCUT2D eigenvalue weighted by Gasteiger charge is -2.35. The first kappa shape index (κ1) is 22.4. The highest BCUT2D eigenvalue weighted by Crippen LogP contribution is 2.26. The van der Waals surface area contributed by atoms with E-state index in [2.05, 4.69) is 53.3 Å². The molecule has 32 heavy (non-hydrogen) atoms. The maximum absolute atomic E-state index is 12.6. The third-order valence-corrected chi connectivity index (χ3v) is 6.21. The Kier molecular flexibility index (Phi) is 6.53. The van der Waals surface area contributed by atoms with E-state index in [0.29, 0.717) is 41.9 Å². The number of piperazine rings is 1. The Balaban J connectivity index is 1.38. The summed E-state index contributed by atoms with van der Waals surface area (Å²) in [6, 6.07) is 13.2. The van der Waals surface area contributed by atoms with Crippen molar-refractivity contribution in [3.63, 3.8) is 0 Å². The van der Waals surface area contributed by atoms with Crippen molar-refractivity contribution in [2.75, 3.05) is 36.4 Å². The summed E-state index contributed by atoms with van der Waals surface area (Å²) in [6.07, 6.45) is 0. The molecular formula is C24H25Cl2N5O. The standard InChI is InChI=1S/C24H25Cl2N5O/c1-15-10-17(3)21(11-16(15)2)22-4-5-23(29-28-22)30-6-8-31(9-7-30)24(32)27-20-13-18(25)12-19(26)14-20/h4-5,10-14H,6-9H2,1-3H3,(H,27,32). The van der Waals surface area contributed by atoms with Crippen molar-refractivity contribution >= 4 is 40.7 Å². The molecule has 1 aliphatic rings. The highest BCUT2D eigenvalue weighted by Gasteiger charge is 2.22. The molecule has 2 amide bonds. The van der Waals surface area contributed by atoms with Gasteiger partial charge in [0.1, 0.15) is 0 Å². The Labute approximate surface area is 198 Å². The Morgan fingerprint density at radius 3 is 2.12 bits per heavy atom. The van der Waals surface area contributed by atoms with E-state index in [1.807, 2.05) is 12.1 Å². The van der Waals surface area contributed by atoms with Crippen LogP contribution in [0.25, 0.3) is 11.3 Å². The Hall–Kier alpha value is -2.83. The average molecular weight is 470 g/mol. The number of carbonyl (C=O) groups is 1. The third-order valence-electron chi connectivity index (χ3n) is 5.77. The number of benzene rings is 2. The van der Waals surface area contributed by atoms with Gasteiger partial charge in [-0.05, 0) is 73.9 Å². The number of aromatic nitrogens is 2. The monoisotopic (exact) mass is 469 g/mol. The van der Waals surface area contributed by atoms with Gasteiger partial charge in [-0.2, -0.15) is 0 Å². The quantitative estimate of drug-likeness (QED) is 0.531. The normalized spacial score (nSPS) is 13.9. The first-order valence-corrected chi connectivity index (χ1v) is 11.2. The van der Waals surface area contributed by atoms with Gasteiger partial charge in [0.2, 0.25) is 0 Å². The summed E-state index contributed by atoms with van der Waals surface area (Å²) in [6.45, 7) is 8.85. The lowest BCUT2D eigenvalue weighted by Crippen LogP contribution is -2.50. The zero-order chi connectivity index (χ0) is 22.8. The Morgan fingerprint density at radius 1 is 0.844 bits per heavy atom. The molecule has 3 aromatic rings. The number of nitrogens with zero attached hydrogens (tertiary/aromatic N) is 4. The van der Waals surface area contributed by atoms with E-state index in [9.17, 15) is 4.79 Å². The van der Waals surface area contributed by atoms with Gasteiger partial charge in [0.15, 0.2) is 5.82 Å². The number of urea groups is 1. The van der Waals surface area contributed by atoms with E-state index >= 15 is 0 Å². The van der Waals surface area contributed by atoms with Gasteiger partial charge in [-0.1, -0.05) is 29.3 Å². The van der Waals surface area contributed by atoms with E-state index in [4.69, 9.17) is 23.2 Å². The highest BCUT2D eigenvalue weighted by atomic mass is 35.5. The highest BCUT2D eigenvalue weighted by molar-refractivity contribution is 6.35.